The van der Waals surface area contributed by atoms with E-state index in [1.54, 1.807) is 36.5 Å². The summed E-state index contributed by atoms with van der Waals surface area (Å²) >= 11 is 6.23. The first kappa shape index (κ1) is 21.1. The molecule has 0 aliphatic heterocycles. The maximum Gasteiger partial charge on any atom is 0.276 e. The summed E-state index contributed by atoms with van der Waals surface area (Å²) in [5.41, 5.74) is 1.42. The molecule has 2 aromatic carbocycles. The summed E-state index contributed by atoms with van der Waals surface area (Å²) in [7, 11) is 0. The Labute approximate surface area is 184 Å². The predicted molar refractivity (Wildman–Crippen MR) is 117 cm³/mol. The maximum absolute atomic E-state index is 13.4. The van der Waals surface area contributed by atoms with Gasteiger partial charge in [0, 0.05) is 17.9 Å². The van der Waals surface area contributed by atoms with Crippen LogP contribution >= 0.6 is 11.6 Å². The van der Waals surface area contributed by atoms with E-state index >= 15 is 0 Å². The zero-order valence-corrected chi connectivity index (χ0v) is 17.5. The fraction of sp³-hybridized carbons (Fsp3) is 0.261. The van der Waals surface area contributed by atoms with Crippen molar-refractivity contribution >= 4 is 29.1 Å². The molecule has 0 radical (unpaired) electrons. The van der Waals surface area contributed by atoms with Gasteiger partial charge in [0.2, 0.25) is 0 Å². The third-order valence-electron chi connectivity index (χ3n) is 5.30. The van der Waals surface area contributed by atoms with Crippen molar-refractivity contribution in [3.05, 3.63) is 76.8 Å². The molecule has 0 saturated heterocycles. The Hall–Kier alpha value is -3.19. The van der Waals surface area contributed by atoms with E-state index in [0.717, 1.165) is 25.7 Å². The minimum atomic E-state index is -0.448. The molecule has 0 atom stereocenters. The lowest BCUT2D eigenvalue weighted by atomic mass is 9.95. The molecule has 8 heteroatoms. The van der Waals surface area contributed by atoms with Gasteiger partial charge in [0.25, 0.3) is 11.8 Å². The summed E-state index contributed by atoms with van der Waals surface area (Å²) in [4.78, 5) is 25.3. The number of aromatic nitrogens is 2. The number of amides is 2. The molecule has 31 heavy (non-hydrogen) atoms. The van der Waals surface area contributed by atoms with Crippen molar-refractivity contribution in [2.24, 2.45) is 0 Å². The van der Waals surface area contributed by atoms with Gasteiger partial charge in [-0.15, -0.1) is 0 Å². The van der Waals surface area contributed by atoms with Crippen LogP contribution in [0.4, 0.5) is 10.1 Å². The van der Waals surface area contributed by atoms with Crippen molar-refractivity contribution in [2.75, 3.05) is 5.32 Å². The van der Waals surface area contributed by atoms with E-state index in [9.17, 15) is 14.0 Å². The molecule has 0 unspecified atom stereocenters. The first-order chi connectivity index (χ1) is 15.0. The van der Waals surface area contributed by atoms with Crippen LogP contribution in [0.1, 0.15) is 53.0 Å². The molecule has 4 rings (SSSR count). The predicted octanol–water partition coefficient (Wildman–Crippen LogP) is 4.98. The second-order valence-electron chi connectivity index (χ2n) is 7.58. The first-order valence-electron chi connectivity index (χ1n) is 10.2. The highest BCUT2D eigenvalue weighted by Crippen LogP contribution is 2.23. The van der Waals surface area contributed by atoms with E-state index in [2.05, 4.69) is 15.7 Å². The lowest BCUT2D eigenvalue weighted by Crippen LogP contribution is -2.36. The van der Waals surface area contributed by atoms with E-state index < -0.39 is 5.91 Å². The van der Waals surface area contributed by atoms with E-state index in [0.29, 0.717) is 22.0 Å². The molecule has 1 saturated carbocycles. The maximum atomic E-state index is 13.4. The number of hydrogen-bond acceptors (Lipinski definition) is 3. The highest BCUT2D eigenvalue weighted by atomic mass is 35.5. The molecule has 160 valence electrons. The zero-order valence-electron chi connectivity index (χ0n) is 16.8. The van der Waals surface area contributed by atoms with Gasteiger partial charge in [-0.25, -0.2) is 9.07 Å². The third-order valence-corrected chi connectivity index (χ3v) is 5.63. The number of nitrogens with one attached hydrogen (secondary N) is 2. The Morgan fingerprint density at radius 1 is 1.03 bits per heavy atom. The van der Waals surface area contributed by atoms with E-state index in [4.69, 9.17) is 11.6 Å². The molecule has 1 fully saturated rings. The largest absolute Gasteiger partial charge is 0.349 e. The SMILES string of the molecule is O=C(Nc1ccc(Cl)c(C(=O)NC2CCCCC2)c1)c1ccn(-c2cccc(F)c2)n1. The highest BCUT2D eigenvalue weighted by Gasteiger charge is 2.19. The Morgan fingerprint density at radius 3 is 2.61 bits per heavy atom. The average molecular weight is 441 g/mol. The summed E-state index contributed by atoms with van der Waals surface area (Å²) in [6, 6.07) is 12.4. The summed E-state index contributed by atoms with van der Waals surface area (Å²) < 4.78 is 14.8. The zero-order chi connectivity index (χ0) is 21.8. The van der Waals surface area contributed by atoms with Crippen molar-refractivity contribution in [3.63, 3.8) is 0 Å². The molecule has 2 amide bonds. The van der Waals surface area contributed by atoms with Gasteiger partial charge in [0.15, 0.2) is 5.69 Å². The lowest BCUT2D eigenvalue weighted by molar-refractivity contribution is 0.0926. The van der Waals surface area contributed by atoms with Crippen molar-refractivity contribution in [2.45, 2.75) is 38.1 Å². The monoisotopic (exact) mass is 440 g/mol. The molecular formula is C23H22ClFN4O2. The normalized spacial score (nSPS) is 14.3. The minimum Gasteiger partial charge on any atom is -0.349 e. The second-order valence-corrected chi connectivity index (χ2v) is 7.99. The number of carbonyl (C=O) groups is 2. The molecular weight excluding hydrogens is 419 g/mol. The topological polar surface area (TPSA) is 76.0 Å². The van der Waals surface area contributed by atoms with Gasteiger partial charge in [-0.2, -0.15) is 5.10 Å². The van der Waals surface area contributed by atoms with Gasteiger partial charge in [0.1, 0.15) is 5.82 Å². The Kier molecular flexibility index (Phi) is 6.32. The molecule has 6 nitrogen and oxygen atoms in total. The number of anilines is 1. The summed E-state index contributed by atoms with van der Waals surface area (Å²) in [6.45, 7) is 0. The van der Waals surface area contributed by atoms with Gasteiger partial charge < -0.3 is 10.6 Å². The molecule has 0 bridgehead atoms. The smallest absolute Gasteiger partial charge is 0.276 e. The van der Waals surface area contributed by atoms with Gasteiger partial charge >= 0.3 is 0 Å². The Morgan fingerprint density at radius 2 is 1.84 bits per heavy atom. The van der Waals surface area contributed by atoms with Gasteiger partial charge in [-0.1, -0.05) is 36.9 Å². The Bertz CT molecular complexity index is 1110. The number of hydrogen-bond donors (Lipinski definition) is 2. The lowest BCUT2D eigenvalue weighted by Gasteiger charge is -2.23. The first-order valence-corrected chi connectivity index (χ1v) is 10.6. The molecule has 1 aromatic heterocycles. The molecule has 0 spiro atoms. The number of benzene rings is 2. The summed E-state index contributed by atoms with van der Waals surface area (Å²) in [6.07, 6.45) is 6.92. The van der Waals surface area contributed by atoms with Crippen LogP contribution in [0.5, 0.6) is 0 Å². The third kappa shape index (κ3) is 5.11. The molecule has 1 heterocycles. The van der Waals surface area contributed by atoms with Crippen molar-refractivity contribution < 1.29 is 14.0 Å². The minimum absolute atomic E-state index is 0.155. The number of halogens is 2. The molecule has 3 aromatic rings. The van der Waals surface area contributed by atoms with Gasteiger partial charge in [0.05, 0.1) is 16.3 Å². The van der Waals surface area contributed by atoms with Crippen LogP contribution in [0.25, 0.3) is 5.69 Å². The average Bonchev–Trinajstić information content (AvgIpc) is 3.26. The number of carbonyl (C=O) groups excluding carboxylic acids is 2. The molecule has 1 aliphatic carbocycles. The van der Waals surface area contributed by atoms with Crippen LogP contribution in [0.3, 0.4) is 0 Å². The van der Waals surface area contributed by atoms with E-state index in [1.807, 2.05) is 0 Å². The summed E-state index contributed by atoms with van der Waals surface area (Å²) in [5.74, 6) is -1.08. The Balaban J connectivity index is 1.46. The van der Waals surface area contributed by atoms with E-state index in [-0.39, 0.29) is 23.5 Å². The second kappa shape index (κ2) is 9.31. The van der Waals surface area contributed by atoms with Crippen LogP contribution in [0.15, 0.2) is 54.7 Å². The number of nitrogens with zero attached hydrogens (tertiary/aromatic N) is 2. The van der Waals surface area contributed by atoms with Crippen LogP contribution in [0, 0.1) is 5.82 Å². The molecule has 2 N–H and O–H groups in total. The number of rotatable bonds is 5. The van der Waals surface area contributed by atoms with Gasteiger partial charge in [-0.05, 0) is 55.3 Å². The van der Waals surface area contributed by atoms with Crippen LogP contribution < -0.4 is 10.6 Å². The van der Waals surface area contributed by atoms with Crippen molar-refractivity contribution in [1.29, 1.82) is 0 Å². The quantitative estimate of drug-likeness (QED) is 0.587. The molecule has 1 aliphatic rings. The van der Waals surface area contributed by atoms with Crippen LogP contribution in [-0.2, 0) is 0 Å². The standard InChI is InChI=1S/C23H22ClFN4O2/c24-20-10-9-17(14-19(20)22(30)26-16-6-2-1-3-7-16)27-23(31)21-11-12-29(28-21)18-8-4-5-15(25)13-18/h4-5,8-14,16H,1-3,6-7H2,(H,26,30)(H,27,31). The van der Waals surface area contributed by atoms with Crippen LogP contribution in [-0.4, -0.2) is 27.6 Å². The summed E-state index contributed by atoms with van der Waals surface area (Å²) in [5, 5.41) is 10.3. The highest BCUT2D eigenvalue weighted by molar-refractivity contribution is 6.34. The van der Waals surface area contributed by atoms with Crippen molar-refractivity contribution in [1.82, 2.24) is 15.1 Å². The fourth-order valence-corrected chi connectivity index (χ4v) is 3.89. The van der Waals surface area contributed by atoms with E-state index in [1.165, 1.54) is 29.3 Å². The van der Waals surface area contributed by atoms with Gasteiger partial charge in [-0.3, -0.25) is 9.59 Å². The van der Waals surface area contributed by atoms with Crippen molar-refractivity contribution in [3.8, 4) is 5.69 Å². The van der Waals surface area contributed by atoms with Crippen LogP contribution in [0.2, 0.25) is 5.02 Å². The fourth-order valence-electron chi connectivity index (χ4n) is 3.69.